The van der Waals surface area contributed by atoms with E-state index in [-0.39, 0.29) is 38.7 Å². The highest BCUT2D eigenvalue weighted by Gasteiger charge is 2.34. The third-order valence-electron chi connectivity index (χ3n) is 14.3. The number of aliphatic carboxylic acids is 1. The Morgan fingerprint density at radius 3 is 1.20 bits per heavy atom. The third kappa shape index (κ3) is 10.9. The van der Waals surface area contributed by atoms with Crippen molar-refractivity contribution in [1.29, 1.82) is 0 Å². The number of aromatic amines is 3. The smallest absolute Gasteiger partial charge is 0.329 e. The van der Waals surface area contributed by atoms with Crippen molar-refractivity contribution < 1.29 is 48.0 Å². The van der Waals surface area contributed by atoms with Crippen LogP contribution < -0.4 is 5.32 Å². The molecule has 0 aliphatic carbocycles. The second-order valence-electron chi connectivity index (χ2n) is 19.8. The Hall–Kier alpha value is -7.18. The van der Waals surface area contributed by atoms with E-state index >= 15 is 0 Å². The van der Waals surface area contributed by atoms with E-state index < -0.39 is 43.2 Å². The zero-order valence-corrected chi connectivity index (χ0v) is 45.9. The van der Waals surface area contributed by atoms with E-state index in [1.807, 2.05) is 71.8 Å². The first-order valence-corrected chi connectivity index (χ1v) is 26.2. The first-order valence-electron chi connectivity index (χ1n) is 25.0. The minimum absolute atomic E-state index is 0.0172. The molecule has 2 amide bonds. The topological polar surface area (TPSA) is 251 Å². The summed E-state index contributed by atoms with van der Waals surface area (Å²) in [6.45, 7) is 7.33. The number of carboxylic acids is 1. The summed E-state index contributed by atoms with van der Waals surface area (Å²) in [4.78, 5) is 45.9. The van der Waals surface area contributed by atoms with Gasteiger partial charge in [0.25, 0.3) is 0 Å². The molecule has 3 atom stereocenters. The van der Waals surface area contributed by atoms with Crippen LogP contribution in [0.4, 0.5) is 13.2 Å². The predicted octanol–water partition coefficient (Wildman–Crippen LogP) is 8.23. The van der Waals surface area contributed by atoms with Crippen LogP contribution in [0.2, 0.25) is 15.1 Å². The van der Waals surface area contributed by atoms with Gasteiger partial charge in [-0.05, 0) is 42.0 Å². The fourth-order valence-corrected chi connectivity index (χ4v) is 11.3. The van der Waals surface area contributed by atoms with Gasteiger partial charge in [-0.1, -0.05) is 55.6 Å². The third-order valence-corrected chi connectivity index (χ3v) is 15.1. The van der Waals surface area contributed by atoms with Crippen LogP contribution in [0.25, 0.3) is 66.5 Å². The molecule has 9 aromatic rings. The molecule has 0 spiro atoms. The number of carboxylic acid groups (broad SMARTS) is 1. The van der Waals surface area contributed by atoms with E-state index in [0.717, 1.165) is 74.6 Å². The summed E-state index contributed by atoms with van der Waals surface area (Å²) in [5.41, 5.74) is 11.3. The number of aryl methyl sites for hydroxylation is 3. The lowest BCUT2D eigenvalue weighted by molar-refractivity contribution is -0.140. The zero-order valence-electron chi connectivity index (χ0n) is 43.7. The summed E-state index contributed by atoms with van der Waals surface area (Å²) in [6, 6.07) is 10.4. The number of amides is 2. The van der Waals surface area contributed by atoms with Gasteiger partial charge in [-0.3, -0.25) is 23.6 Å². The second-order valence-corrected chi connectivity index (χ2v) is 21.1. The van der Waals surface area contributed by atoms with Crippen molar-refractivity contribution in [2.45, 2.75) is 58.2 Å². The van der Waals surface area contributed by atoms with Crippen LogP contribution in [0.15, 0.2) is 55.0 Å². The number of aliphatic hydroxyl groups excluding tert-OH is 3. The molecule has 9 heterocycles. The molecule has 6 aromatic heterocycles. The Kier molecular flexibility index (Phi) is 16.4. The normalized spacial score (nSPS) is 16.6. The van der Waals surface area contributed by atoms with Gasteiger partial charge in [-0.25, -0.2) is 18.0 Å². The first kappa shape index (κ1) is 56.5. The molecule has 0 bridgehead atoms. The highest BCUT2D eigenvalue weighted by atomic mass is 35.5. The number of rotatable bonds is 6. The molecule has 79 heavy (non-hydrogen) atoms. The van der Waals surface area contributed by atoms with Crippen LogP contribution >= 0.6 is 34.8 Å². The standard InChI is InChI=1S/2C18H18ClFN4O2.C16H16ClFN4.C2H4O3/c2*1-9-6-24(14(26)8-25)7-11-15-10(13-3-4-23(2)22-13)5-12(19)16(20)18(15)21-17(9)11;1-8-6-19-7-10-13-9(12-3-4-22(2)21-12)5-11(17)14(18)16(13)20-15(8)10;3-1-2(4)5/h2*3-5,9,21,25H,6-8H2,1-2H3;3-5,8,19-20H,6-7H2,1-2H3;3H,1H2,(H,4,5)/t2*9-;;/m10../s1. The Balaban J connectivity index is 0.000000138. The molecule has 0 saturated carbocycles. The lowest BCUT2D eigenvalue weighted by Crippen LogP contribution is -2.38. The van der Waals surface area contributed by atoms with Gasteiger partial charge in [-0.15, -0.1) is 0 Å². The van der Waals surface area contributed by atoms with Gasteiger partial charge in [0, 0.05) is 158 Å². The van der Waals surface area contributed by atoms with Crippen molar-refractivity contribution in [2.24, 2.45) is 21.1 Å². The van der Waals surface area contributed by atoms with Crippen molar-refractivity contribution in [3.63, 3.8) is 0 Å². The maximum atomic E-state index is 14.7. The van der Waals surface area contributed by atoms with Crippen molar-refractivity contribution >= 4 is 85.3 Å². The van der Waals surface area contributed by atoms with Gasteiger partial charge in [0.1, 0.15) is 19.8 Å². The molecule has 1 unspecified atom stereocenters. The number of carbonyl (C=O) groups is 3. The summed E-state index contributed by atoms with van der Waals surface area (Å²) < 4.78 is 49.0. The lowest BCUT2D eigenvalue weighted by atomic mass is 9.94. The van der Waals surface area contributed by atoms with Crippen LogP contribution in [-0.2, 0) is 55.2 Å². The maximum Gasteiger partial charge on any atom is 0.329 e. The van der Waals surface area contributed by atoms with Gasteiger partial charge in [0.2, 0.25) is 11.8 Å². The number of halogens is 6. The molecule has 416 valence electrons. The maximum absolute atomic E-state index is 14.7. The molecular formula is C54H56Cl3F3N12O7. The van der Waals surface area contributed by atoms with E-state index in [1.54, 1.807) is 42.0 Å². The number of benzene rings is 3. The highest BCUT2D eigenvalue weighted by molar-refractivity contribution is 6.33. The molecule has 0 fully saturated rings. The zero-order chi connectivity index (χ0) is 56.9. The largest absolute Gasteiger partial charge is 0.480 e. The molecular weight excluding hydrogens is 1090 g/mol. The Bertz CT molecular complexity index is 3660. The van der Waals surface area contributed by atoms with Gasteiger partial charge in [0.05, 0.1) is 48.7 Å². The molecule has 3 aliphatic rings. The monoisotopic (exact) mass is 1150 g/mol. The quantitative estimate of drug-likeness (QED) is 0.0787. The minimum Gasteiger partial charge on any atom is -0.480 e. The molecule has 8 N–H and O–H groups in total. The number of fused-ring (bicyclic) bond motifs is 9. The van der Waals surface area contributed by atoms with E-state index in [1.165, 1.54) is 0 Å². The van der Waals surface area contributed by atoms with Crippen LogP contribution in [0.1, 0.15) is 72.3 Å². The molecule has 19 nitrogen and oxygen atoms in total. The van der Waals surface area contributed by atoms with Crippen molar-refractivity contribution in [2.75, 3.05) is 39.5 Å². The van der Waals surface area contributed by atoms with Crippen LogP contribution in [0, 0.1) is 17.5 Å². The molecule has 0 saturated heterocycles. The fraction of sp³-hybridized carbons (Fsp3) is 0.333. The van der Waals surface area contributed by atoms with Crippen LogP contribution in [0.5, 0.6) is 0 Å². The van der Waals surface area contributed by atoms with Gasteiger partial charge in [-0.2, -0.15) is 15.3 Å². The average molecular weight is 1150 g/mol. The number of hydrogen-bond acceptors (Lipinski definition) is 10. The highest BCUT2D eigenvalue weighted by Crippen LogP contribution is 2.44. The summed E-state index contributed by atoms with van der Waals surface area (Å²) in [7, 11) is 5.48. The number of nitrogens with zero attached hydrogens (tertiary/aromatic N) is 8. The van der Waals surface area contributed by atoms with E-state index in [9.17, 15) is 33.0 Å². The lowest BCUT2D eigenvalue weighted by Gasteiger charge is -2.31. The Morgan fingerprint density at radius 1 is 0.570 bits per heavy atom. The average Bonchev–Trinajstić information content (AvgIpc) is 4.45. The number of H-pyrrole nitrogens is 3. The minimum atomic E-state index is -1.19. The van der Waals surface area contributed by atoms with E-state index in [2.05, 4.69) is 42.5 Å². The van der Waals surface area contributed by atoms with E-state index in [0.29, 0.717) is 70.8 Å². The molecule has 0 radical (unpaired) electrons. The number of nitrogens with one attached hydrogen (secondary N) is 4. The predicted molar refractivity (Wildman–Crippen MR) is 293 cm³/mol. The first-order chi connectivity index (χ1) is 37.6. The SMILES string of the molecule is CC1CNCc2c1[nH]c1c(F)c(Cl)cc(-c3ccn(C)n3)c21.C[C@@H]1CN(C(=O)CO)Cc2c1[nH]c1c(F)c(Cl)cc(-c3ccn(C)n3)c21.C[C@H]1CN(C(=O)CO)Cc2c1[nH]c1c(F)c(Cl)cc(-c3ccn(C)n3)c21.O=C(O)CO. The summed E-state index contributed by atoms with van der Waals surface area (Å²) in [5.74, 6) is -3.01. The van der Waals surface area contributed by atoms with Crippen molar-refractivity contribution in [3.8, 4) is 33.8 Å². The van der Waals surface area contributed by atoms with Crippen LogP contribution in [-0.4, -0.2) is 132 Å². The summed E-state index contributed by atoms with van der Waals surface area (Å²) in [6.07, 6.45) is 5.49. The summed E-state index contributed by atoms with van der Waals surface area (Å²) >= 11 is 18.4. The molecule has 3 aromatic carbocycles. The molecule has 12 rings (SSSR count). The van der Waals surface area contributed by atoms with Crippen molar-refractivity contribution in [1.82, 2.24) is 59.4 Å². The number of aromatic nitrogens is 9. The fourth-order valence-electron chi connectivity index (χ4n) is 10.7. The van der Waals surface area contributed by atoms with Gasteiger partial charge < -0.3 is 50.5 Å². The molecule has 25 heteroatoms. The van der Waals surface area contributed by atoms with Gasteiger partial charge >= 0.3 is 5.97 Å². The molecule has 3 aliphatic heterocycles. The number of aliphatic hydroxyl groups is 3. The number of carbonyl (C=O) groups excluding carboxylic acids is 2. The van der Waals surface area contributed by atoms with Crippen LogP contribution in [0.3, 0.4) is 0 Å². The Labute approximate surface area is 464 Å². The van der Waals surface area contributed by atoms with Crippen molar-refractivity contribution in [3.05, 3.63) is 121 Å². The second kappa shape index (κ2) is 22.9. The number of hydrogen-bond donors (Lipinski definition) is 8. The summed E-state index contributed by atoms with van der Waals surface area (Å²) in [5, 5.41) is 52.5. The van der Waals surface area contributed by atoms with Gasteiger partial charge in [0.15, 0.2) is 17.5 Å². The Morgan fingerprint density at radius 2 is 0.899 bits per heavy atom. The van der Waals surface area contributed by atoms with E-state index in [4.69, 9.17) is 49.8 Å².